The Morgan fingerprint density at radius 1 is 1.21 bits per heavy atom. The largest absolute Gasteiger partial charge is 0.437 e. The molecule has 5 nitrogen and oxygen atoms in total. The third-order valence-electron chi connectivity index (χ3n) is 5.75. The summed E-state index contributed by atoms with van der Waals surface area (Å²) in [4.78, 5) is 7.85. The topological polar surface area (TPSA) is 66.3 Å². The third-order valence-corrected chi connectivity index (χ3v) is 5.75. The number of aromatic amines is 1. The first-order chi connectivity index (χ1) is 13.6. The van der Waals surface area contributed by atoms with Gasteiger partial charge in [0.2, 0.25) is 0 Å². The summed E-state index contributed by atoms with van der Waals surface area (Å²) in [6.07, 6.45) is 3.98. The van der Waals surface area contributed by atoms with Crippen molar-refractivity contribution in [3.05, 3.63) is 65.9 Å². The van der Waals surface area contributed by atoms with Crippen molar-refractivity contribution in [3.8, 4) is 6.07 Å². The molecule has 28 heavy (non-hydrogen) atoms. The number of nitrogens with one attached hydrogen (secondary N) is 1. The Morgan fingerprint density at radius 3 is 2.79 bits per heavy atom. The van der Waals surface area contributed by atoms with Crippen molar-refractivity contribution in [1.29, 1.82) is 5.26 Å². The van der Waals surface area contributed by atoms with Crippen LogP contribution in [0.15, 0.2) is 54.7 Å². The fraction of sp³-hybridized carbons (Fsp3) is 0.318. The number of rotatable bonds is 5. The third kappa shape index (κ3) is 3.91. The van der Waals surface area contributed by atoms with Crippen molar-refractivity contribution in [2.75, 3.05) is 18.0 Å². The monoisotopic (exact) mass is 372 g/mol. The molecule has 3 aromatic rings. The maximum absolute atomic E-state index is 9.88. The smallest absolute Gasteiger partial charge is 0.376 e. The number of aromatic nitrogens is 1. The second kappa shape index (κ2) is 8.09. The van der Waals surface area contributed by atoms with Crippen molar-refractivity contribution in [2.24, 2.45) is 0 Å². The van der Waals surface area contributed by atoms with Crippen LogP contribution in [0, 0.1) is 11.3 Å². The van der Waals surface area contributed by atoms with Gasteiger partial charge in [-0.3, -0.25) is 0 Å². The van der Waals surface area contributed by atoms with Crippen molar-refractivity contribution in [3.63, 3.8) is 0 Å². The Labute approximate surface area is 166 Å². The molecule has 0 atom stereocenters. The average molecular weight is 372 g/mol. The van der Waals surface area contributed by atoms with Crippen molar-refractivity contribution in [2.45, 2.75) is 32.3 Å². The van der Waals surface area contributed by atoms with Crippen LogP contribution in [0.5, 0.6) is 0 Å². The van der Waals surface area contributed by atoms with Crippen molar-refractivity contribution >= 4 is 23.6 Å². The first-order valence-electron chi connectivity index (χ1n) is 9.89. The summed E-state index contributed by atoms with van der Waals surface area (Å²) in [5.41, 5.74) is 4.18. The number of hydrogen-bond acceptors (Lipinski definition) is 4. The Balaban J connectivity index is 1.63. The maximum Gasteiger partial charge on any atom is 0.376 e. The first kappa shape index (κ1) is 18.6. The van der Waals surface area contributed by atoms with E-state index in [1.165, 1.54) is 11.1 Å². The van der Waals surface area contributed by atoms with Crippen molar-refractivity contribution < 1.29 is 5.02 Å². The lowest BCUT2D eigenvalue weighted by atomic mass is 9.82. The Hall–Kier alpha value is -2.75. The molecule has 2 heterocycles. The minimum Gasteiger partial charge on any atom is -0.437 e. The minimum absolute atomic E-state index is 0.391. The van der Waals surface area contributed by atoms with Crippen LogP contribution in [0.1, 0.15) is 24.0 Å². The molecule has 0 aliphatic carbocycles. The second-order valence-corrected chi connectivity index (χ2v) is 7.59. The fourth-order valence-electron chi connectivity index (χ4n) is 4.16. The van der Waals surface area contributed by atoms with Crippen LogP contribution in [-0.4, -0.2) is 41.0 Å². The van der Waals surface area contributed by atoms with Crippen LogP contribution in [0.25, 0.3) is 10.9 Å². The molecule has 2 aromatic carbocycles. The van der Waals surface area contributed by atoms with Crippen LogP contribution in [0.4, 0.5) is 5.69 Å². The molecule has 0 bridgehead atoms. The summed E-state index contributed by atoms with van der Waals surface area (Å²) in [6.45, 7) is 4.39. The summed E-state index contributed by atoms with van der Waals surface area (Å²) in [7, 11) is -0.391. The lowest BCUT2D eigenvalue weighted by molar-refractivity contribution is 0.281. The van der Waals surface area contributed by atoms with E-state index >= 15 is 0 Å². The molecule has 4 rings (SSSR count). The van der Waals surface area contributed by atoms with Gasteiger partial charge in [0.1, 0.15) is 0 Å². The van der Waals surface area contributed by atoms with Crippen molar-refractivity contribution in [1.82, 2.24) is 9.79 Å². The van der Waals surface area contributed by atoms with Gasteiger partial charge in [0.15, 0.2) is 0 Å². The van der Waals surface area contributed by atoms with E-state index in [1.54, 1.807) is 0 Å². The number of piperidine rings is 1. The van der Waals surface area contributed by atoms with E-state index in [1.807, 2.05) is 31.2 Å². The minimum atomic E-state index is -0.391. The van der Waals surface area contributed by atoms with Gasteiger partial charge in [-0.25, -0.2) is 0 Å². The van der Waals surface area contributed by atoms with Crippen LogP contribution in [0.3, 0.4) is 0 Å². The van der Waals surface area contributed by atoms with Crippen LogP contribution >= 0.6 is 0 Å². The van der Waals surface area contributed by atoms with Gasteiger partial charge in [-0.2, -0.15) is 5.26 Å². The summed E-state index contributed by atoms with van der Waals surface area (Å²) in [5.74, 6) is 0. The number of benzene rings is 2. The number of anilines is 1. The van der Waals surface area contributed by atoms with E-state index in [2.05, 4.69) is 51.1 Å². The fourth-order valence-corrected chi connectivity index (χ4v) is 4.16. The van der Waals surface area contributed by atoms with Gasteiger partial charge in [-0.1, -0.05) is 12.1 Å². The van der Waals surface area contributed by atoms with Gasteiger partial charge in [-0.15, -0.1) is 0 Å². The summed E-state index contributed by atoms with van der Waals surface area (Å²) >= 11 is 0. The average Bonchev–Trinajstić information content (AvgIpc) is 3.20. The molecule has 1 fully saturated rings. The van der Waals surface area contributed by atoms with Gasteiger partial charge in [0, 0.05) is 35.4 Å². The molecule has 0 unspecified atom stereocenters. The van der Waals surface area contributed by atoms with Gasteiger partial charge in [-0.05, 0) is 74.7 Å². The zero-order chi connectivity index (χ0) is 19.5. The van der Waals surface area contributed by atoms with Crippen LogP contribution < -0.4 is 4.90 Å². The maximum atomic E-state index is 9.88. The first-order valence-corrected chi connectivity index (χ1v) is 9.89. The van der Waals surface area contributed by atoms with Crippen LogP contribution in [0.2, 0.25) is 6.82 Å². The van der Waals surface area contributed by atoms with Gasteiger partial charge >= 0.3 is 7.05 Å². The standard InChI is InChI=1S/C22H25BN4O/c1-23(28)26-11-8-20(9-12-26)27(16-18-4-2-3-17(13-18)15-24)21-5-6-22-19(14-21)7-10-25-22/h2-7,10,13-14,20,25,28H,8-9,11-12,16H2,1H3. The summed E-state index contributed by atoms with van der Waals surface area (Å²) < 4.78 is 0. The van der Waals surface area contributed by atoms with E-state index in [-0.39, 0.29) is 0 Å². The van der Waals surface area contributed by atoms with E-state index in [4.69, 9.17) is 0 Å². The lowest BCUT2D eigenvalue weighted by Gasteiger charge is -2.40. The molecule has 0 spiro atoms. The van der Waals surface area contributed by atoms with Crippen LogP contribution in [-0.2, 0) is 6.54 Å². The summed E-state index contributed by atoms with van der Waals surface area (Å²) in [5, 5.41) is 20.3. The van der Waals surface area contributed by atoms with E-state index in [0.29, 0.717) is 11.6 Å². The zero-order valence-electron chi connectivity index (χ0n) is 16.2. The van der Waals surface area contributed by atoms with E-state index in [0.717, 1.165) is 43.6 Å². The molecule has 1 aliphatic rings. The SMILES string of the molecule is CB(O)N1CCC(N(Cc2cccc(C#N)c2)c2ccc3[nH]ccc3c2)CC1. The van der Waals surface area contributed by atoms with Gasteiger partial charge in [0.05, 0.1) is 11.6 Å². The van der Waals surface area contributed by atoms with Gasteiger partial charge < -0.3 is 19.7 Å². The Morgan fingerprint density at radius 2 is 2.04 bits per heavy atom. The predicted molar refractivity (Wildman–Crippen MR) is 114 cm³/mol. The number of nitrogens with zero attached hydrogens (tertiary/aromatic N) is 3. The number of fused-ring (bicyclic) bond motifs is 1. The molecule has 2 N–H and O–H groups in total. The van der Waals surface area contributed by atoms with E-state index in [9.17, 15) is 10.3 Å². The highest BCUT2D eigenvalue weighted by molar-refractivity contribution is 6.45. The van der Waals surface area contributed by atoms with E-state index < -0.39 is 7.05 Å². The Bertz CT molecular complexity index is 985. The number of hydrogen-bond donors (Lipinski definition) is 2. The molecule has 142 valence electrons. The normalized spacial score (nSPS) is 15.5. The number of nitriles is 1. The highest BCUT2D eigenvalue weighted by Crippen LogP contribution is 2.29. The second-order valence-electron chi connectivity index (χ2n) is 7.59. The molecule has 1 aromatic heterocycles. The molecule has 6 heteroatoms. The number of H-pyrrole nitrogens is 1. The molecule has 0 saturated carbocycles. The highest BCUT2D eigenvalue weighted by atomic mass is 16.2. The summed E-state index contributed by atoms with van der Waals surface area (Å²) in [6, 6.07) is 19.2. The zero-order valence-corrected chi connectivity index (χ0v) is 16.2. The Kier molecular flexibility index (Phi) is 5.38. The molecule has 1 aliphatic heterocycles. The lowest BCUT2D eigenvalue weighted by Crippen LogP contribution is -2.49. The molecule has 0 radical (unpaired) electrons. The molecular weight excluding hydrogens is 347 g/mol. The molecular formula is C22H25BN4O. The molecule has 1 saturated heterocycles. The molecule has 0 amide bonds. The highest BCUT2D eigenvalue weighted by Gasteiger charge is 2.28. The quantitative estimate of drug-likeness (QED) is 0.672. The van der Waals surface area contributed by atoms with Gasteiger partial charge in [0.25, 0.3) is 0 Å². The predicted octanol–water partition coefficient (Wildman–Crippen LogP) is 3.62.